The van der Waals surface area contributed by atoms with Crippen LogP contribution in [0.3, 0.4) is 0 Å². The van der Waals surface area contributed by atoms with Crippen molar-refractivity contribution in [3.63, 3.8) is 0 Å². The summed E-state index contributed by atoms with van der Waals surface area (Å²) in [7, 11) is 0. The minimum Gasteiger partial charge on any atom is -0.287 e. The second-order valence-electron chi connectivity index (χ2n) is 3.12. The first kappa shape index (κ1) is 12.2. The number of nitrogens with zero attached hydrogens (tertiary/aromatic N) is 2. The number of alkyl halides is 3. The van der Waals surface area contributed by atoms with Crippen molar-refractivity contribution in [2.45, 2.75) is 13.1 Å². The van der Waals surface area contributed by atoms with Gasteiger partial charge >= 0.3 is 6.18 Å². The summed E-state index contributed by atoms with van der Waals surface area (Å²) in [6.45, 7) is 1.63. The molecule has 0 aliphatic heterocycles. The molecule has 0 atom stereocenters. The minimum absolute atomic E-state index is 0.0234. The van der Waals surface area contributed by atoms with E-state index in [4.69, 9.17) is 0 Å². The number of rotatable bonds is 2. The molecule has 0 aromatic carbocycles. The molecule has 0 N–H and O–H groups in total. The molecule has 3 nitrogen and oxygen atoms in total. The molecular weight excluding hydrogens is 273 g/mol. The summed E-state index contributed by atoms with van der Waals surface area (Å²) >= 11 is 1.45. The molecule has 2 aromatic heterocycles. The smallest absolute Gasteiger partial charge is 0.287 e. The highest BCUT2D eigenvalue weighted by Crippen LogP contribution is 2.33. The molecule has 0 saturated carbocycles. The van der Waals surface area contributed by atoms with Crippen molar-refractivity contribution >= 4 is 28.5 Å². The van der Waals surface area contributed by atoms with Crippen LogP contribution >= 0.6 is 22.7 Å². The molecule has 0 fully saturated rings. The van der Waals surface area contributed by atoms with Gasteiger partial charge in [0.1, 0.15) is 0 Å². The predicted molar refractivity (Wildman–Crippen MR) is 57.4 cm³/mol. The van der Waals surface area contributed by atoms with Gasteiger partial charge < -0.3 is 0 Å². The first-order valence-corrected chi connectivity index (χ1v) is 6.07. The second-order valence-corrected chi connectivity index (χ2v) is 5.01. The fourth-order valence-electron chi connectivity index (χ4n) is 1.14. The fraction of sp³-hybridized carbons (Fsp3) is 0.222. The number of carbonyl (C=O) groups excluding carboxylic acids is 1. The van der Waals surface area contributed by atoms with Gasteiger partial charge in [0.2, 0.25) is 5.78 Å². The first-order valence-electron chi connectivity index (χ1n) is 4.37. The molecule has 0 spiro atoms. The fourth-order valence-corrected chi connectivity index (χ4v) is 2.69. The number of aromatic nitrogens is 2. The van der Waals surface area contributed by atoms with Crippen molar-refractivity contribution in [2.75, 3.05) is 0 Å². The maximum absolute atomic E-state index is 12.3. The van der Waals surface area contributed by atoms with E-state index in [1.807, 2.05) is 0 Å². The van der Waals surface area contributed by atoms with Crippen LogP contribution in [-0.4, -0.2) is 15.8 Å². The van der Waals surface area contributed by atoms with E-state index in [0.717, 1.165) is 17.5 Å². The zero-order valence-electron chi connectivity index (χ0n) is 8.41. The van der Waals surface area contributed by atoms with E-state index in [-0.39, 0.29) is 4.88 Å². The number of carbonyl (C=O) groups is 1. The van der Waals surface area contributed by atoms with Gasteiger partial charge in [0.15, 0.2) is 5.01 Å². The summed E-state index contributed by atoms with van der Waals surface area (Å²) in [5.74, 6) is -0.460. The maximum atomic E-state index is 12.3. The van der Waals surface area contributed by atoms with Gasteiger partial charge in [0.25, 0.3) is 0 Å². The summed E-state index contributed by atoms with van der Waals surface area (Å²) in [5.41, 5.74) is 2.00. The standard InChI is InChI=1S/C9H5F3N2OS2/c1-4-7(16-3-14-4)6(15)5-2-13-8(17-5)9(10,11)12/h2-3H,1H3. The van der Waals surface area contributed by atoms with Crippen LogP contribution in [0.25, 0.3) is 0 Å². The topological polar surface area (TPSA) is 42.9 Å². The molecule has 8 heteroatoms. The normalized spacial score (nSPS) is 11.8. The highest BCUT2D eigenvalue weighted by atomic mass is 32.1. The highest BCUT2D eigenvalue weighted by molar-refractivity contribution is 7.16. The lowest BCUT2D eigenvalue weighted by molar-refractivity contribution is -0.137. The van der Waals surface area contributed by atoms with Gasteiger partial charge in [-0.3, -0.25) is 4.79 Å². The molecule has 0 radical (unpaired) electrons. The number of aryl methyl sites for hydroxylation is 1. The average Bonchev–Trinajstić information content (AvgIpc) is 2.83. The van der Waals surface area contributed by atoms with E-state index in [1.165, 1.54) is 5.51 Å². The van der Waals surface area contributed by atoms with E-state index < -0.39 is 17.0 Å². The van der Waals surface area contributed by atoms with E-state index in [2.05, 4.69) is 9.97 Å². The van der Waals surface area contributed by atoms with Gasteiger partial charge in [-0.05, 0) is 6.92 Å². The number of halogens is 3. The monoisotopic (exact) mass is 278 g/mol. The second kappa shape index (κ2) is 4.19. The molecule has 90 valence electrons. The molecule has 0 unspecified atom stereocenters. The van der Waals surface area contributed by atoms with E-state index >= 15 is 0 Å². The Balaban J connectivity index is 2.33. The third-order valence-corrected chi connectivity index (χ3v) is 3.89. The lowest BCUT2D eigenvalue weighted by atomic mass is 10.2. The Morgan fingerprint density at radius 1 is 1.35 bits per heavy atom. The molecule has 0 amide bonds. The zero-order chi connectivity index (χ0) is 12.6. The van der Waals surface area contributed by atoms with Crippen LogP contribution in [0.2, 0.25) is 0 Å². The SMILES string of the molecule is Cc1ncsc1C(=O)c1cnc(C(F)(F)F)s1. The van der Waals surface area contributed by atoms with E-state index in [1.54, 1.807) is 6.92 Å². The van der Waals surface area contributed by atoms with Crippen molar-refractivity contribution in [1.82, 2.24) is 9.97 Å². The third-order valence-electron chi connectivity index (χ3n) is 1.92. The molecule has 0 aliphatic rings. The van der Waals surface area contributed by atoms with Crippen molar-refractivity contribution in [2.24, 2.45) is 0 Å². The Hall–Kier alpha value is -1.28. The molecule has 0 bridgehead atoms. The summed E-state index contributed by atoms with van der Waals surface area (Å²) in [5, 5.41) is -1.01. The molecule has 17 heavy (non-hydrogen) atoms. The Kier molecular flexibility index (Phi) is 3.00. The van der Waals surface area contributed by atoms with Crippen LogP contribution in [-0.2, 0) is 6.18 Å². The van der Waals surface area contributed by atoms with Gasteiger partial charge in [0, 0.05) is 6.20 Å². The van der Waals surface area contributed by atoms with Gasteiger partial charge in [-0.2, -0.15) is 13.2 Å². The Bertz CT molecular complexity index is 559. The number of hydrogen-bond acceptors (Lipinski definition) is 5. The van der Waals surface area contributed by atoms with Crippen LogP contribution < -0.4 is 0 Å². The van der Waals surface area contributed by atoms with Crippen molar-refractivity contribution in [3.8, 4) is 0 Å². The van der Waals surface area contributed by atoms with Gasteiger partial charge in [0.05, 0.1) is 21.0 Å². The minimum atomic E-state index is -4.51. The molecule has 2 rings (SSSR count). The molecule has 2 aromatic rings. The predicted octanol–water partition coefficient (Wildman–Crippen LogP) is 3.16. The molecule has 2 heterocycles. The number of thiazole rings is 2. The van der Waals surface area contributed by atoms with E-state index in [0.29, 0.717) is 21.9 Å². The van der Waals surface area contributed by atoms with Crippen LogP contribution in [0.4, 0.5) is 13.2 Å². The quantitative estimate of drug-likeness (QED) is 0.792. The van der Waals surface area contributed by atoms with E-state index in [9.17, 15) is 18.0 Å². The summed E-state index contributed by atoms with van der Waals surface area (Å²) < 4.78 is 36.9. The summed E-state index contributed by atoms with van der Waals surface area (Å²) in [4.78, 5) is 19.3. The Morgan fingerprint density at radius 3 is 2.53 bits per heavy atom. The maximum Gasteiger partial charge on any atom is 0.443 e. The van der Waals surface area contributed by atoms with Gasteiger partial charge in [-0.15, -0.1) is 22.7 Å². The summed E-state index contributed by atoms with van der Waals surface area (Å²) in [6, 6.07) is 0. The van der Waals surface area contributed by atoms with Gasteiger partial charge in [-0.1, -0.05) is 0 Å². The average molecular weight is 278 g/mol. The third kappa shape index (κ3) is 2.37. The van der Waals surface area contributed by atoms with Crippen molar-refractivity contribution in [3.05, 3.63) is 32.2 Å². The molecule has 0 saturated heterocycles. The largest absolute Gasteiger partial charge is 0.443 e. The van der Waals surface area contributed by atoms with Crippen molar-refractivity contribution < 1.29 is 18.0 Å². The van der Waals surface area contributed by atoms with Crippen LogP contribution in [0.15, 0.2) is 11.7 Å². The first-order chi connectivity index (χ1) is 7.89. The van der Waals surface area contributed by atoms with Gasteiger partial charge in [-0.25, -0.2) is 9.97 Å². The van der Waals surface area contributed by atoms with Crippen LogP contribution in [0.5, 0.6) is 0 Å². The highest BCUT2D eigenvalue weighted by Gasteiger charge is 2.35. The number of hydrogen-bond donors (Lipinski definition) is 0. The van der Waals surface area contributed by atoms with Crippen LogP contribution in [0.1, 0.15) is 25.3 Å². The molecular formula is C9H5F3N2OS2. The lowest BCUT2D eigenvalue weighted by Gasteiger charge is -1.98. The number of ketones is 1. The van der Waals surface area contributed by atoms with Crippen molar-refractivity contribution in [1.29, 1.82) is 0 Å². The Morgan fingerprint density at radius 2 is 2.06 bits per heavy atom. The lowest BCUT2D eigenvalue weighted by Crippen LogP contribution is -2.03. The molecule has 0 aliphatic carbocycles. The Labute approximate surface area is 102 Å². The zero-order valence-corrected chi connectivity index (χ0v) is 10.0. The van der Waals surface area contributed by atoms with Crippen LogP contribution in [0, 0.1) is 6.92 Å². The summed E-state index contributed by atoms with van der Waals surface area (Å²) in [6.07, 6.45) is -3.55.